The Morgan fingerprint density at radius 2 is 2.00 bits per heavy atom. The summed E-state index contributed by atoms with van der Waals surface area (Å²) in [6.45, 7) is 1.01. The fourth-order valence-corrected chi connectivity index (χ4v) is 1.59. The quantitative estimate of drug-likeness (QED) is 0.712. The van der Waals surface area contributed by atoms with Crippen LogP contribution in [0.1, 0.15) is 5.56 Å². The molecule has 1 heterocycles. The summed E-state index contributed by atoms with van der Waals surface area (Å²) < 4.78 is 10.8. The van der Waals surface area contributed by atoms with Gasteiger partial charge in [0.15, 0.2) is 11.5 Å². The second kappa shape index (κ2) is 3.77. The molecule has 0 amide bonds. The molecule has 0 aromatic heterocycles. The normalized spacial score (nSPS) is 13.4. The number of rotatable bonds is 1. The van der Waals surface area contributed by atoms with E-state index in [1.165, 1.54) is 0 Å². The lowest BCUT2D eigenvalue weighted by atomic mass is 10.1. The summed E-state index contributed by atoms with van der Waals surface area (Å²) in [5.41, 5.74) is 0.826. The van der Waals surface area contributed by atoms with Crippen LogP contribution in [0.15, 0.2) is 12.1 Å². The van der Waals surface area contributed by atoms with Crippen molar-refractivity contribution in [2.24, 2.45) is 0 Å². The third kappa shape index (κ3) is 1.49. The average Bonchev–Trinajstić information content (AvgIpc) is 2.23. The van der Waals surface area contributed by atoms with Crippen LogP contribution in [0.4, 0.5) is 0 Å². The Labute approximate surface area is 86.8 Å². The van der Waals surface area contributed by atoms with Crippen LogP contribution in [0.3, 0.4) is 0 Å². The van der Waals surface area contributed by atoms with E-state index in [9.17, 15) is 0 Å². The Bertz CT molecular complexity index is 398. The number of ether oxygens (including phenoxy) is 2. The first kappa shape index (κ1) is 9.17. The molecule has 0 spiro atoms. The van der Waals surface area contributed by atoms with Gasteiger partial charge in [0.1, 0.15) is 13.2 Å². The van der Waals surface area contributed by atoms with Crippen LogP contribution >= 0.6 is 11.6 Å². The maximum absolute atomic E-state index is 8.61. The Balaban J connectivity index is 2.49. The number of halogens is 1. The highest BCUT2D eigenvalue weighted by Gasteiger charge is 2.18. The predicted molar refractivity (Wildman–Crippen MR) is 51.8 cm³/mol. The average molecular weight is 210 g/mol. The largest absolute Gasteiger partial charge is 0.486 e. The van der Waals surface area contributed by atoms with Gasteiger partial charge in [0, 0.05) is 5.56 Å². The second-order valence-electron chi connectivity index (χ2n) is 2.90. The Morgan fingerprint density at radius 3 is 2.71 bits per heavy atom. The molecule has 0 unspecified atom stereocenters. The lowest BCUT2D eigenvalue weighted by Crippen LogP contribution is -2.16. The molecule has 4 heteroatoms. The van der Waals surface area contributed by atoms with E-state index in [2.05, 4.69) is 6.07 Å². The molecular formula is C10H8ClNO2. The second-order valence-corrected chi connectivity index (χ2v) is 3.30. The van der Waals surface area contributed by atoms with Gasteiger partial charge < -0.3 is 9.47 Å². The van der Waals surface area contributed by atoms with Crippen molar-refractivity contribution < 1.29 is 9.47 Å². The lowest BCUT2D eigenvalue weighted by Gasteiger charge is -2.21. The van der Waals surface area contributed by atoms with Gasteiger partial charge in [-0.15, -0.1) is 0 Å². The zero-order valence-electron chi connectivity index (χ0n) is 7.42. The van der Waals surface area contributed by atoms with Crippen LogP contribution in [-0.2, 0) is 6.42 Å². The minimum Gasteiger partial charge on any atom is -0.486 e. The van der Waals surface area contributed by atoms with Gasteiger partial charge in [-0.2, -0.15) is 5.26 Å². The molecule has 1 aromatic rings. The van der Waals surface area contributed by atoms with Crippen molar-refractivity contribution in [1.29, 1.82) is 5.26 Å². The summed E-state index contributed by atoms with van der Waals surface area (Å²) >= 11 is 5.93. The number of hydrogen-bond donors (Lipinski definition) is 0. The van der Waals surface area contributed by atoms with Crippen molar-refractivity contribution in [3.8, 4) is 17.6 Å². The van der Waals surface area contributed by atoms with Crippen LogP contribution in [-0.4, -0.2) is 13.2 Å². The van der Waals surface area contributed by atoms with E-state index in [1.54, 1.807) is 12.1 Å². The van der Waals surface area contributed by atoms with Gasteiger partial charge in [0.05, 0.1) is 17.5 Å². The molecular weight excluding hydrogens is 202 g/mol. The Morgan fingerprint density at radius 1 is 1.29 bits per heavy atom. The number of benzene rings is 1. The molecule has 0 saturated carbocycles. The summed E-state index contributed by atoms with van der Waals surface area (Å²) in [5, 5.41) is 9.14. The van der Waals surface area contributed by atoms with Crippen molar-refractivity contribution in [3.63, 3.8) is 0 Å². The summed E-state index contributed by atoms with van der Waals surface area (Å²) in [4.78, 5) is 0. The summed E-state index contributed by atoms with van der Waals surface area (Å²) in [6.07, 6.45) is 0.308. The van der Waals surface area contributed by atoms with Crippen LogP contribution in [0.5, 0.6) is 11.5 Å². The number of nitrogens with zero attached hydrogens (tertiary/aromatic N) is 1. The van der Waals surface area contributed by atoms with Crippen LogP contribution in [0.2, 0.25) is 5.02 Å². The fraction of sp³-hybridized carbons (Fsp3) is 0.300. The summed E-state index contributed by atoms with van der Waals surface area (Å²) in [6, 6.07) is 5.59. The molecule has 1 aliphatic rings. The Kier molecular flexibility index (Phi) is 2.47. The van der Waals surface area contributed by atoms with Gasteiger partial charge in [-0.3, -0.25) is 0 Å². The lowest BCUT2D eigenvalue weighted by molar-refractivity contribution is 0.170. The standard InChI is InChI=1S/C10H8ClNO2/c11-8-2-1-7(3-4-12)9-10(8)14-6-5-13-9/h1-2H,3,5-6H2. The van der Waals surface area contributed by atoms with Crippen LogP contribution in [0.25, 0.3) is 0 Å². The summed E-state index contributed by atoms with van der Waals surface area (Å²) in [7, 11) is 0. The van der Waals surface area contributed by atoms with E-state index in [0.717, 1.165) is 5.56 Å². The van der Waals surface area contributed by atoms with E-state index in [0.29, 0.717) is 36.2 Å². The highest BCUT2D eigenvalue weighted by molar-refractivity contribution is 6.32. The first-order chi connectivity index (χ1) is 6.83. The molecule has 1 aromatic carbocycles. The van der Waals surface area contributed by atoms with Crippen molar-refractivity contribution >= 4 is 11.6 Å². The predicted octanol–water partition coefficient (Wildman–Crippen LogP) is 2.18. The maximum atomic E-state index is 8.61. The first-order valence-corrected chi connectivity index (χ1v) is 4.64. The molecule has 0 aliphatic carbocycles. The van der Waals surface area contributed by atoms with Crippen molar-refractivity contribution in [2.45, 2.75) is 6.42 Å². The van der Waals surface area contributed by atoms with Crippen molar-refractivity contribution in [2.75, 3.05) is 13.2 Å². The van der Waals surface area contributed by atoms with E-state index in [-0.39, 0.29) is 0 Å². The third-order valence-corrected chi connectivity index (χ3v) is 2.29. The monoisotopic (exact) mass is 209 g/mol. The highest BCUT2D eigenvalue weighted by Crippen LogP contribution is 2.40. The number of hydrogen-bond acceptors (Lipinski definition) is 3. The van der Waals surface area contributed by atoms with E-state index in [4.69, 9.17) is 26.3 Å². The smallest absolute Gasteiger partial charge is 0.180 e. The van der Waals surface area contributed by atoms with Crippen LogP contribution < -0.4 is 9.47 Å². The first-order valence-electron chi connectivity index (χ1n) is 4.27. The van der Waals surface area contributed by atoms with Gasteiger partial charge in [0.2, 0.25) is 0 Å². The zero-order valence-corrected chi connectivity index (χ0v) is 8.17. The molecule has 0 fully saturated rings. The van der Waals surface area contributed by atoms with Crippen LogP contribution in [0, 0.1) is 11.3 Å². The fourth-order valence-electron chi connectivity index (χ4n) is 1.38. The maximum Gasteiger partial charge on any atom is 0.180 e. The minimum atomic E-state index is 0.308. The molecule has 0 saturated heterocycles. The number of fused-ring (bicyclic) bond motifs is 1. The van der Waals surface area contributed by atoms with Crippen molar-refractivity contribution in [3.05, 3.63) is 22.7 Å². The molecule has 1 aliphatic heterocycles. The van der Waals surface area contributed by atoms with E-state index >= 15 is 0 Å². The van der Waals surface area contributed by atoms with E-state index in [1.807, 2.05) is 0 Å². The molecule has 3 nitrogen and oxygen atoms in total. The van der Waals surface area contributed by atoms with Gasteiger partial charge in [-0.05, 0) is 6.07 Å². The van der Waals surface area contributed by atoms with Crippen molar-refractivity contribution in [1.82, 2.24) is 0 Å². The van der Waals surface area contributed by atoms with Gasteiger partial charge in [0.25, 0.3) is 0 Å². The highest BCUT2D eigenvalue weighted by atomic mass is 35.5. The molecule has 72 valence electrons. The van der Waals surface area contributed by atoms with Gasteiger partial charge in [-0.25, -0.2) is 0 Å². The SMILES string of the molecule is N#CCc1ccc(Cl)c2c1OCCO2. The topological polar surface area (TPSA) is 42.2 Å². The molecule has 2 rings (SSSR count). The molecule has 14 heavy (non-hydrogen) atoms. The third-order valence-electron chi connectivity index (χ3n) is 1.99. The van der Waals surface area contributed by atoms with Gasteiger partial charge >= 0.3 is 0 Å². The minimum absolute atomic E-state index is 0.308. The van der Waals surface area contributed by atoms with Gasteiger partial charge in [-0.1, -0.05) is 17.7 Å². The molecule has 0 radical (unpaired) electrons. The molecule has 0 atom stereocenters. The number of nitriles is 1. The van der Waals surface area contributed by atoms with E-state index < -0.39 is 0 Å². The Hall–Kier alpha value is -1.40. The molecule has 0 bridgehead atoms. The summed E-state index contributed by atoms with van der Waals surface area (Å²) in [5.74, 6) is 1.18. The molecule has 0 N–H and O–H groups in total. The zero-order chi connectivity index (χ0) is 9.97.